The molecule has 4 rings (SSSR count). The average Bonchev–Trinajstić information content (AvgIpc) is 3.17. The molecule has 2 aliphatic rings. The number of hydrogen-bond donors (Lipinski definition) is 2. The van der Waals surface area contributed by atoms with Crippen LogP contribution in [0.1, 0.15) is 43.6 Å². The lowest BCUT2D eigenvalue weighted by Crippen LogP contribution is -2.31. The van der Waals surface area contributed by atoms with Crippen LogP contribution in [-0.4, -0.2) is 23.6 Å². The summed E-state index contributed by atoms with van der Waals surface area (Å²) in [5.41, 5.74) is 2.76. The smallest absolute Gasteiger partial charge is 0.253 e. The van der Waals surface area contributed by atoms with E-state index < -0.39 is 6.17 Å². The van der Waals surface area contributed by atoms with E-state index in [1.807, 2.05) is 6.92 Å². The van der Waals surface area contributed by atoms with E-state index in [4.69, 9.17) is 11.6 Å². The van der Waals surface area contributed by atoms with Gasteiger partial charge in [0.2, 0.25) is 11.6 Å². The highest BCUT2D eigenvalue weighted by Gasteiger charge is 2.30. The zero-order valence-corrected chi connectivity index (χ0v) is 16.7. The summed E-state index contributed by atoms with van der Waals surface area (Å²) in [5, 5.41) is 13.4. The maximum absolute atomic E-state index is 12.7. The van der Waals surface area contributed by atoms with Crippen molar-refractivity contribution in [1.29, 1.82) is 0 Å². The van der Waals surface area contributed by atoms with Crippen LogP contribution in [0, 0.1) is 0 Å². The Labute approximate surface area is 177 Å². The zero-order chi connectivity index (χ0) is 21.3. The third-order valence-electron chi connectivity index (χ3n) is 4.77. The van der Waals surface area contributed by atoms with E-state index in [1.165, 1.54) is 0 Å². The number of nitrogens with zero attached hydrogens (tertiary/aromatic N) is 2. The lowest BCUT2D eigenvalue weighted by Gasteiger charge is -2.19. The Bertz CT molecular complexity index is 1150. The van der Waals surface area contributed by atoms with Gasteiger partial charge in [-0.15, -0.1) is 0 Å². The van der Waals surface area contributed by atoms with Crippen molar-refractivity contribution in [1.82, 2.24) is 10.6 Å². The van der Waals surface area contributed by atoms with Gasteiger partial charge in [0.05, 0.1) is 5.70 Å². The molecule has 1 aliphatic carbocycles. The Morgan fingerprint density at radius 1 is 1.03 bits per heavy atom. The maximum atomic E-state index is 12.7. The molecule has 0 bridgehead atoms. The molecule has 2 aromatic carbocycles. The Kier molecular flexibility index (Phi) is 5.29. The molecular formula is C22H17ClN4O3. The molecule has 150 valence electrons. The average molecular weight is 421 g/mol. The van der Waals surface area contributed by atoms with Crippen LogP contribution < -0.4 is 10.6 Å². The minimum absolute atomic E-state index is 0.0796. The summed E-state index contributed by atoms with van der Waals surface area (Å²) < 4.78 is 0. The Morgan fingerprint density at radius 2 is 1.70 bits per heavy atom. The molecule has 0 saturated heterocycles. The van der Waals surface area contributed by atoms with Crippen molar-refractivity contribution in [3.05, 3.63) is 93.3 Å². The third kappa shape index (κ3) is 3.79. The number of allylic oxidation sites excluding steroid dienone is 3. The molecule has 8 heteroatoms. The highest BCUT2D eigenvalue weighted by Crippen LogP contribution is 2.27. The number of halogens is 1. The van der Waals surface area contributed by atoms with Crippen molar-refractivity contribution in [3.63, 3.8) is 0 Å². The first-order chi connectivity index (χ1) is 14.4. The van der Waals surface area contributed by atoms with E-state index in [0.717, 1.165) is 11.3 Å². The predicted octanol–water partition coefficient (Wildman–Crippen LogP) is 3.73. The van der Waals surface area contributed by atoms with Crippen molar-refractivity contribution in [2.75, 3.05) is 0 Å². The molecule has 0 saturated carbocycles. The van der Waals surface area contributed by atoms with Gasteiger partial charge in [-0.25, -0.2) is 0 Å². The predicted molar refractivity (Wildman–Crippen MR) is 111 cm³/mol. The second-order valence-corrected chi connectivity index (χ2v) is 7.26. The monoisotopic (exact) mass is 420 g/mol. The Morgan fingerprint density at radius 3 is 2.33 bits per heavy atom. The van der Waals surface area contributed by atoms with Crippen molar-refractivity contribution in [2.24, 2.45) is 10.2 Å². The van der Waals surface area contributed by atoms with Gasteiger partial charge in [0.1, 0.15) is 10.7 Å². The number of carbonyl (C=O) groups excluding carboxylic acids is 3. The summed E-state index contributed by atoms with van der Waals surface area (Å²) in [6, 6.07) is 13.5. The fourth-order valence-corrected chi connectivity index (χ4v) is 3.46. The van der Waals surface area contributed by atoms with Gasteiger partial charge in [-0.05, 0) is 30.7 Å². The van der Waals surface area contributed by atoms with Gasteiger partial charge in [0.15, 0.2) is 6.17 Å². The lowest BCUT2D eigenvalue weighted by atomic mass is 9.92. The Hall–Kier alpha value is -3.58. The van der Waals surface area contributed by atoms with E-state index >= 15 is 0 Å². The van der Waals surface area contributed by atoms with Crippen LogP contribution in [0.3, 0.4) is 0 Å². The van der Waals surface area contributed by atoms with E-state index in [9.17, 15) is 14.4 Å². The van der Waals surface area contributed by atoms with E-state index in [-0.39, 0.29) is 34.7 Å². The molecule has 1 atom stereocenters. The third-order valence-corrected chi connectivity index (χ3v) is 5.13. The Balaban J connectivity index is 1.42. The number of benzene rings is 2. The number of ketones is 2. The van der Waals surface area contributed by atoms with E-state index in [2.05, 4.69) is 20.9 Å². The molecule has 30 heavy (non-hydrogen) atoms. The van der Waals surface area contributed by atoms with Crippen molar-refractivity contribution < 1.29 is 14.4 Å². The first-order valence-corrected chi connectivity index (χ1v) is 9.63. The zero-order valence-electron chi connectivity index (χ0n) is 16.0. The molecule has 1 heterocycles. The van der Waals surface area contributed by atoms with Gasteiger partial charge < -0.3 is 10.6 Å². The second-order valence-electron chi connectivity index (χ2n) is 6.89. The first-order valence-electron chi connectivity index (χ1n) is 9.25. The second kappa shape index (κ2) is 8.04. The topological polar surface area (TPSA) is 100.0 Å². The van der Waals surface area contributed by atoms with Crippen LogP contribution in [-0.2, 0) is 6.54 Å². The normalized spacial score (nSPS) is 17.7. The fourth-order valence-electron chi connectivity index (χ4n) is 3.20. The van der Waals surface area contributed by atoms with Gasteiger partial charge in [0.25, 0.3) is 5.91 Å². The number of rotatable bonds is 5. The number of hydrogen-bond acceptors (Lipinski definition) is 6. The first kappa shape index (κ1) is 19.7. The van der Waals surface area contributed by atoms with Crippen molar-refractivity contribution >= 4 is 29.1 Å². The highest BCUT2D eigenvalue weighted by molar-refractivity contribution is 6.49. The number of amides is 1. The molecule has 0 fully saturated rings. The van der Waals surface area contributed by atoms with Gasteiger partial charge >= 0.3 is 0 Å². The van der Waals surface area contributed by atoms with Crippen LogP contribution in [0.4, 0.5) is 0 Å². The van der Waals surface area contributed by atoms with Crippen LogP contribution in [0.2, 0.25) is 0 Å². The number of fused-ring (bicyclic) bond motifs is 1. The summed E-state index contributed by atoms with van der Waals surface area (Å²) in [5.74, 6) is -0.963. The molecule has 1 unspecified atom stereocenters. The quantitative estimate of drug-likeness (QED) is 0.769. The fraction of sp³-hybridized carbons (Fsp3) is 0.136. The minimum Gasteiger partial charge on any atom is -0.376 e. The van der Waals surface area contributed by atoms with Crippen LogP contribution in [0.25, 0.3) is 0 Å². The van der Waals surface area contributed by atoms with Crippen LogP contribution in [0.15, 0.2) is 81.3 Å². The number of Topliss-reactive ketones (excluding diaryl/α,β-unsaturated/α-hetero) is 2. The maximum Gasteiger partial charge on any atom is 0.253 e. The molecule has 0 aromatic heterocycles. The molecule has 0 spiro atoms. The highest BCUT2D eigenvalue weighted by atomic mass is 35.5. The summed E-state index contributed by atoms with van der Waals surface area (Å²) in [6.07, 6.45) is 1.31. The van der Waals surface area contributed by atoms with Gasteiger partial charge in [-0.3, -0.25) is 14.4 Å². The summed E-state index contributed by atoms with van der Waals surface area (Å²) in [6.45, 7) is 2.08. The van der Waals surface area contributed by atoms with Gasteiger partial charge in [-0.2, -0.15) is 10.2 Å². The lowest BCUT2D eigenvalue weighted by molar-refractivity contribution is 0.0944. The minimum atomic E-state index is -0.453. The SMILES string of the molecule is CC1=CC(NC(=O)c2ccc(CNC3=C(Cl)C(=O)c4ccccc4C3=O)cc2)N=N1. The molecular weight excluding hydrogens is 404 g/mol. The molecule has 1 amide bonds. The van der Waals surface area contributed by atoms with Crippen LogP contribution in [0.5, 0.6) is 0 Å². The largest absolute Gasteiger partial charge is 0.376 e. The van der Waals surface area contributed by atoms with Gasteiger partial charge in [0, 0.05) is 23.2 Å². The molecule has 2 aromatic rings. The molecule has 2 N–H and O–H groups in total. The standard InChI is InChI=1S/C22H17ClN4O3/c1-12-10-17(27-26-12)25-22(30)14-8-6-13(7-9-14)11-24-19-18(23)20(28)15-4-2-3-5-16(15)21(19)29/h2-10,17,24H,11H2,1H3,(H,25,30). The summed E-state index contributed by atoms with van der Waals surface area (Å²) in [7, 11) is 0. The van der Waals surface area contributed by atoms with Crippen molar-refractivity contribution in [2.45, 2.75) is 19.6 Å². The molecule has 7 nitrogen and oxygen atoms in total. The van der Waals surface area contributed by atoms with Crippen molar-refractivity contribution in [3.8, 4) is 0 Å². The molecule has 0 radical (unpaired) electrons. The van der Waals surface area contributed by atoms with Gasteiger partial charge in [-0.1, -0.05) is 48.0 Å². The van der Waals surface area contributed by atoms with E-state index in [1.54, 1.807) is 54.6 Å². The van der Waals surface area contributed by atoms with E-state index in [0.29, 0.717) is 16.7 Å². The number of nitrogens with one attached hydrogen (secondary N) is 2. The summed E-state index contributed by atoms with van der Waals surface area (Å²) in [4.78, 5) is 37.4. The summed E-state index contributed by atoms with van der Waals surface area (Å²) >= 11 is 6.15. The number of azo groups is 1. The van der Waals surface area contributed by atoms with Crippen LogP contribution >= 0.6 is 11.6 Å². The number of carbonyl (C=O) groups is 3. The molecule has 1 aliphatic heterocycles.